The molecule has 94 valence electrons. The van der Waals surface area contributed by atoms with Gasteiger partial charge in [-0.05, 0) is 12.1 Å². The Morgan fingerprint density at radius 1 is 1.29 bits per heavy atom. The van der Waals surface area contributed by atoms with Crippen molar-refractivity contribution in [1.82, 2.24) is 10.3 Å². The van der Waals surface area contributed by atoms with Gasteiger partial charge in [-0.15, -0.1) is 24.8 Å². The Kier molecular flexibility index (Phi) is 4.36. The lowest BCUT2D eigenvalue weighted by Crippen LogP contribution is -2.54. The van der Waals surface area contributed by atoms with Crippen molar-refractivity contribution in [3.8, 4) is 0 Å². The zero-order valence-corrected chi connectivity index (χ0v) is 10.9. The average molecular weight is 276 g/mol. The fraction of sp³-hybridized carbons (Fsp3) is 0.455. The molecule has 4 nitrogen and oxygen atoms in total. The molecule has 3 rings (SSSR count). The Labute approximate surface area is 113 Å². The molecule has 2 aliphatic rings. The van der Waals surface area contributed by atoms with Gasteiger partial charge in [0.25, 0.3) is 0 Å². The van der Waals surface area contributed by atoms with Crippen molar-refractivity contribution in [1.29, 1.82) is 0 Å². The molecule has 2 fully saturated rings. The summed E-state index contributed by atoms with van der Waals surface area (Å²) in [6.07, 6.45) is 2.39. The first-order valence-electron chi connectivity index (χ1n) is 5.21. The first-order chi connectivity index (χ1) is 7.29. The molecule has 1 N–H and O–H groups in total. The average Bonchev–Trinajstić information content (AvgIpc) is 2.57. The molecule has 0 radical (unpaired) electrons. The molecule has 0 saturated carbocycles. The molecular weight excluding hydrogens is 261 g/mol. The third-order valence-electron chi connectivity index (χ3n) is 3.25. The van der Waals surface area contributed by atoms with E-state index in [1.807, 2.05) is 18.2 Å². The Balaban J connectivity index is 0.000000722. The molecule has 0 unspecified atom stereocenters. The first kappa shape index (κ1) is 14.2. The second-order valence-electron chi connectivity index (χ2n) is 4.45. The Morgan fingerprint density at radius 3 is 2.53 bits per heavy atom. The summed E-state index contributed by atoms with van der Waals surface area (Å²) in [6, 6.07) is 5.67. The van der Waals surface area contributed by atoms with Crippen molar-refractivity contribution in [3.63, 3.8) is 0 Å². The van der Waals surface area contributed by atoms with Crippen LogP contribution in [-0.2, 0) is 4.79 Å². The molecule has 3 heterocycles. The maximum Gasteiger partial charge on any atom is 0.228 e. The van der Waals surface area contributed by atoms with Crippen LogP contribution in [0, 0.1) is 5.41 Å². The smallest absolute Gasteiger partial charge is 0.228 e. The van der Waals surface area contributed by atoms with E-state index in [9.17, 15) is 4.79 Å². The highest BCUT2D eigenvalue weighted by Crippen LogP contribution is 2.36. The lowest BCUT2D eigenvalue weighted by atomic mass is 9.81. The Morgan fingerprint density at radius 2 is 2.06 bits per heavy atom. The van der Waals surface area contributed by atoms with Crippen molar-refractivity contribution in [2.24, 2.45) is 5.41 Å². The maximum atomic E-state index is 11.8. The second-order valence-corrected chi connectivity index (χ2v) is 4.45. The summed E-state index contributed by atoms with van der Waals surface area (Å²) in [6.45, 7) is 2.74. The van der Waals surface area contributed by atoms with Gasteiger partial charge >= 0.3 is 0 Å². The third-order valence-corrected chi connectivity index (χ3v) is 3.25. The van der Waals surface area contributed by atoms with Crippen LogP contribution >= 0.6 is 24.8 Å². The van der Waals surface area contributed by atoms with E-state index in [0.717, 1.165) is 25.5 Å². The van der Waals surface area contributed by atoms with Crippen LogP contribution in [0.15, 0.2) is 24.4 Å². The van der Waals surface area contributed by atoms with Gasteiger partial charge in [-0.25, -0.2) is 4.98 Å². The van der Waals surface area contributed by atoms with Crippen molar-refractivity contribution in [3.05, 3.63) is 24.4 Å². The molecule has 1 amide bonds. The van der Waals surface area contributed by atoms with Crippen LogP contribution in [0.5, 0.6) is 0 Å². The Bertz CT molecular complexity index is 395. The molecule has 0 bridgehead atoms. The van der Waals surface area contributed by atoms with Crippen LogP contribution in [0.3, 0.4) is 0 Å². The second kappa shape index (κ2) is 5.21. The molecule has 0 aliphatic carbocycles. The first-order valence-corrected chi connectivity index (χ1v) is 5.21. The minimum absolute atomic E-state index is 0. The van der Waals surface area contributed by atoms with E-state index >= 15 is 0 Å². The minimum atomic E-state index is 0. The lowest BCUT2D eigenvalue weighted by molar-refractivity contribution is -0.118. The molecule has 17 heavy (non-hydrogen) atoms. The van der Waals surface area contributed by atoms with Gasteiger partial charge in [0.15, 0.2) is 0 Å². The normalized spacial score (nSPS) is 20.5. The predicted molar refractivity (Wildman–Crippen MR) is 71.0 cm³/mol. The van der Waals surface area contributed by atoms with E-state index in [2.05, 4.69) is 10.3 Å². The highest BCUT2D eigenvalue weighted by atomic mass is 35.5. The molecule has 0 aromatic carbocycles. The van der Waals surface area contributed by atoms with Crippen LogP contribution < -0.4 is 10.2 Å². The number of nitrogens with one attached hydrogen (secondary N) is 1. The number of carbonyl (C=O) groups excluding carboxylic acids is 1. The fourth-order valence-corrected chi connectivity index (χ4v) is 2.33. The van der Waals surface area contributed by atoms with E-state index in [1.165, 1.54) is 0 Å². The minimum Gasteiger partial charge on any atom is -0.315 e. The molecule has 1 spiro atoms. The van der Waals surface area contributed by atoms with E-state index < -0.39 is 0 Å². The number of nitrogens with zero attached hydrogens (tertiary/aromatic N) is 2. The highest BCUT2D eigenvalue weighted by Gasteiger charge is 2.47. The molecular formula is C11H15Cl2N3O. The van der Waals surface area contributed by atoms with Gasteiger partial charge < -0.3 is 5.32 Å². The zero-order valence-electron chi connectivity index (χ0n) is 9.26. The van der Waals surface area contributed by atoms with Gasteiger partial charge in [0.2, 0.25) is 5.91 Å². The fourth-order valence-electron chi connectivity index (χ4n) is 2.33. The quantitative estimate of drug-likeness (QED) is 0.839. The monoisotopic (exact) mass is 275 g/mol. The van der Waals surface area contributed by atoms with Gasteiger partial charge in [0.1, 0.15) is 5.82 Å². The number of halogens is 2. The SMILES string of the molecule is Cl.Cl.O=C1CC2(CNC2)CN1c1ccccn1. The largest absolute Gasteiger partial charge is 0.315 e. The summed E-state index contributed by atoms with van der Waals surface area (Å²) in [4.78, 5) is 17.9. The highest BCUT2D eigenvalue weighted by molar-refractivity contribution is 5.95. The molecule has 1 aromatic heterocycles. The molecule has 6 heteroatoms. The number of hydrogen-bond acceptors (Lipinski definition) is 3. The Hall–Kier alpha value is -0.840. The molecule has 1 aromatic rings. The van der Waals surface area contributed by atoms with E-state index in [0.29, 0.717) is 6.42 Å². The van der Waals surface area contributed by atoms with Crippen LogP contribution in [0.4, 0.5) is 5.82 Å². The maximum absolute atomic E-state index is 11.8. The summed E-state index contributed by atoms with van der Waals surface area (Å²) in [5.74, 6) is 0.987. The van der Waals surface area contributed by atoms with Gasteiger partial charge in [-0.2, -0.15) is 0 Å². The summed E-state index contributed by atoms with van der Waals surface area (Å²) in [7, 11) is 0. The van der Waals surface area contributed by atoms with Crippen molar-refractivity contribution in [2.45, 2.75) is 6.42 Å². The van der Waals surface area contributed by atoms with Crippen molar-refractivity contribution in [2.75, 3.05) is 24.5 Å². The molecule has 2 saturated heterocycles. The number of aromatic nitrogens is 1. The molecule has 0 atom stereocenters. The predicted octanol–water partition coefficient (Wildman–Crippen LogP) is 1.25. The van der Waals surface area contributed by atoms with E-state index in [-0.39, 0.29) is 36.1 Å². The third kappa shape index (κ3) is 2.39. The number of pyridine rings is 1. The number of anilines is 1. The lowest BCUT2D eigenvalue weighted by Gasteiger charge is -2.38. The molecule has 2 aliphatic heterocycles. The van der Waals surface area contributed by atoms with Crippen LogP contribution in [0.1, 0.15) is 6.42 Å². The topological polar surface area (TPSA) is 45.2 Å². The van der Waals surface area contributed by atoms with Crippen LogP contribution in [0.2, 0.25) is 0 Å². The summed E-state index contributed by atoms with van der Waals surface area (Å²) in [5.41, 5.74) is 0.189. The number of amides is 1. The summed E-state index contributed by atoms with van der Waals surface area (Å²) in [5, 5.41) is 3.24. The number of rotatable bonds is 1. The van der Waals surface area contributed by atoms with Gasteiger partial charge in [-0.1, -0.05) is 6.07 Å². The van der Waals surface area contributed by atoms with Gasteiger partial charge in [0.05, 0.1) is 0 Å². The van der Waals surface area contributed by atoms with Gasteiger partial charge in [0, 0.05) is 37.7 Å². The summed E-state index contributed by atoms with van der Waals surface area (Å²) >= 11 is 0. The zero-order chi connectivity index (χ0) is 10.3. The van der Waals surface area contributed by atoms with E-state index in [1.54, 1.807) is 11.1 Å². The van der Waals surface area contributed by atoms with E-state index in [4.69, 9.17) is 0 Å². The van der Waals surface area contributed by atoms with Crippen molar-refractivity contribution >= 4 is 36.5 Å². The number of hydrogen-bond donors (Lipinski definition) is 1. The summed E-state index contributed by atoms with van der Waals surface area (Å²) < 4.78 is 0. The van der Waals surface area contributed by atoms with Gasteiger partial charge in [-0.3, -0.25) is 9.69 Å². The van der Waals surface area contributed by atoms with Crippen LogP contribution in [-0.4, -0.2) is 30.5 Å². The number of carbonyl (C=O) groups is 1. The standard InChI is InChI=1S/C11H13N3O.2ClH/c15-10-5-11(6-12-7-11)8-14(10)9-3-1-2-4-13-9;;/h1-4,12H,5-8H2;2*1H. The van der Waals surface area contributed by atoms with Crippen LogP contribution in [0.25, 0.3) is 0 Å². The van der Waals surface area contributed by atoms with Crippen molar-refractivity contribution < 1.29 is 4.79 Å².